The molecule has 0 saturated heterocycles. The highest BCUT2D eigenvalue weighted by Crippen LogP contribution is 2.27. The van der Waals surface area contributed by atoms with E-state index in [0.29, 0.717) is 5.56 Å². The van der Waals surface area contributed by atoms with E-state index in [4.69, 9.17) is 0 Å². The lowest BCUT2D eigenvalue weighted by molar-refractivity contribution is -0.141. The van der Waals surface area contributed by atoms with Crippen molar-refractivity contribution >= 4 is 12.1 Å². The quantitative estimate of drug-likeness (QED) is 0.488. The Morgan fingerprint density at radius 3 is 2.52 bits per heavy atom. The van der Waals surface area contributed by atoms with Crippen molar-refractivity contribution in [1.29, 1.82) is 0 Å². The molecule has 0 aliphatic rings. The largest absolute Gasteiger partial charge is 0.435 e. The van der Waals surface area contributed by atoms with E-state index in [9.17, 15) is 26.7 Å². The van der Waals surface area contributed by atoms with Gasteiger partial charge in [-0.3, -0.25) is 9.48 Å². The second kappa shape index (κ2) is 7.73. The Morgan fingerprint density at radius 2 is 1.96 bits per heavy atom. The molecule has 11 heteroatoms. The average Bonchev–Trinajstić information content (AvgIpc) is 2.97. The van der Waals surface area contributed by atoms with E-state index >= 15 is 0 Å². The van der Waals surface area contributed by atoms with E-state index < -0.39 is 30.9 Å². The first kappa shape index (κ1) is 18.4. The van der Waals surface area contributed by atoms with Gasteiger partial charge in [-0.2, -0.15) is 32.2 Å². The van der Waals surface area contributed by atoms with Gasteiger partial charge < -0.3 is 4.74 Å². The molecule has 0 aliphatic heterocycles. The third-order valence-corrected chi connectivity index (χ3v) is 2.74. The summed E-state index contributed by atoms with van der Waals surface area (Å²) in [6.07, 6.45) is -2.33. The lowest BCUT2D eigenvalue weighted by Crippen LogP contribution is -2.23. The van der Waals surface area contributed by atoms with Gasteiger partial charge in [-0.05, 0) is 35.9 Å². The van der Waals surface area contributed by atoms with Crippen molar-refractivity contribution in [3.8, 4) is 5.75 Å². The molecular weight excluding hydrogens is 351 g/mol. The van der Waals surface area contributed by atoms with Gasteiger partial charge in [0.2, 0.25) is 0 Å². The molecule has 2 aromatic rings. The maximum atomic E-state index is 12.4. The fourth-order valence-electron chi connectivity index (χ4n) is 1.70. The number of nitrogens with zero attached hydrogens (tertiary/aromatic N) is 3. The average molecular weight is 362 g/mol. The van der Waals surface area contributed by atoms with Gasteiger partial charge in [-0.1, -0.05) is 0 Å². The third kappa shape index (κ3) is 5.86. The zero-order chi connectivity index (χ0) is 18.4. The molecule has 2 rings (SSSR count). The van der Waals surface area contributed by atoms with E-state index in [1.165, 1.54) is 30.5 Å². The van der Waals surface area contributed by atoms with E-state index in [1.54, 1.807) is 0 Å². The van der Waals surface area contributed by atoms with Crippen LogP contribution in [0.25, 0.3) is 0 Å². The van der Waals surface area contributed by atoms with Crippen molar-refractivity contribution in [2.24, 2.45) is 5.10 Å². The number of amides is 1. The highest BCUT2D eigenvalue weighted by Gasteiger charge is 2.33. The van der Waals surface area contributed by atoms with Crippen LogP contribution >= 0.6 is 0 Å². The van der Waals surface area contributed by atoms with E-state index in [1.807, 2.05) is 0 Å². The Morgan fingerprint density at radius 1 is 1.28 bits per heavy atom. The van der Waals surface area contributed by atoms with Gasteiger partial charge in [0.15, 0.2) is 5.69 Å². The van der Waals surface area contributed by atoms with Crippen LogP contribution in [-0.2, 0) is 17.5 Å². The standard InChI is InChI=1S/C14H11F5N4O2/c15-13(16)25-10-3-1-9(2-4-10)7-20-21-12(24)8-23-6-5-11(22-23)14(17,18)19/h1-7,13H,8H2,(H,21,24)/b20-7-. The first-order valence-electron chi connectivity index (χ1n) is 6.71. The van der Waals surface area contributed by atoms with Crippen molar-refractivity contribution in [2.75, 3.05) is 0 Å². The molecule has 1 N–H and O–H groups in total. The Labute approximate surface area is 137 Å². The van der Waals surface area contributed by atoms with Crippen LogP contribution in [0.15, 0.2) is 41.6 Å². The molecule has 1 aromatic carbocycles. The Hall–Kier alpha value is -2.98. The number of alkyl halides is 5. The molecule has 6 nitrogen and oxygen atoms in total. The minimum atomic E-state index is -4.58. The monoisotopic (exact) mass is 362 g/mol. The molecular formula is C14H11F5N4O2. The number of carbonyl (C=O) groups is 1. The summed E-state index contributed by atoms with van der Waals surface area (Å²) in [5, 5.41) is 6.83. The van der Waals surface area contributed by atoms with Crippen molar-refractivity contribution in [2.45, 2.75) is 19.3 Å². The lowest BCUT2D eigenvalue weighted by Gasteiger charge is -2.04. The van der Waals surface area contributed by atoms with Crippen molar-refractivity contribution in [3.63, 3.8) is 0 Å². The molecule has 0 saturated carbocycles. The summed E-state index contributed by atoms with van der Waals surface area (Å²) in [5.41, 5.74) is 1.50. The SMILES string of the molecule is O=C(Cn1ccc(C(F)(F)F)n1)N/N=C\c1ccc(OC(F)F)cc1. The molecule has 1 heterocycles. The summed E-state index contributed by atoms with van der Waals surface area (Å²) in [5.74, 6) is -0.721. The molecule has 25 heavy (non-hydrogen) atoms. The molecule has 0 bridgehead atoms. The number of ether oxygens (including phenoxy) is 1. The second-order valence-electron chi connectivity index (χ2n) is 4.64. The van der Waals surface area contributed by atoms with Crippen LogP contribution in [0, 0.1) is 0 Å². The molecule has 0 atom stereocenters. The van der Waals surface area contributed by atoms with Crippen molar-refractivity contribution < 1.29 is 31.5 Å². The molecule has 0 fully saturated rings. The normalized spacial score (nSPS) is 11.9. The number of halogens is 5. The number of carbonyl (C=O) groups excluding carboxylic acids is 1. The number of benzene rings is 1. The number of nitrogens with one attached hydrogen (secondary N) is 1. The molecule has 0 unspecified atom stereocenters. The maximum absolute atomic E-state index is 12.4. The van der Waals surface area contributed by atoms with Gasteiger partial charge in [0, 0.05) is 6.20 Å². The number of hydrogen-bond donors (Lipinski definition) is 1. The number of rotatable bonds is 6. The van der Waals surface area contributed by atoms with Crippen LogP contribution in [0.3, 0.4) is 0 Å². The Balaban J connectivity index is 1.85. The zero-order valence-corrected chi connectivity index (χ0v) is 12.4. The molecule has 1 aromatic heterocycles. The predicted molar refractivity (Wildman–Crippen MR) is 76.0 cm³/mol. The van der Waals surface area contributed by atoms with Crippen molar-refractivity contribution in [1.82, 2.24) is 15.2 Å². The first-order valence-corrected chi connectivity index (χ1v) is 6.71. The summed E-state index contributed by atoms with van der Waals surface area (Å²) in [7, 11) is 0. The van der Waals surface area contributed by atoms with Gasteiger partial charge >= 0.3 is 12.8 Å². The van der Waals surface area contributed by atoms with Crippen LogP contribution in [0.1, 0.15) is 11.3 Å². The van der Waals surface area contributed by atoms with Gasteiger partial charge in [-0.15, -0.1) is 0 Å². The summed E-state index contributed by atoms with van der Waals surface area (Å²) >= 11 is 0. The van der Waals surface area contributed by atoms with Crippen LogP contribution < -0.4 is 10.2 Å². The Bertz CT molecular complexity index is 740. The topological polar surface area (TPSA) is 68.5 Å². The fourth-order valence-corrected chi connectivity index (χ4v) is 1.70. The van der Waals surface area contributed by atoms with Crippen LogP contribution in [0.2, 0.25) is 0 Å². The number of hydrogen-bond acceptors (Lipinski definition) is 4. The second-order valence-corrected chi connectivity index (χ2v) is 4.64. The summed E-state index contributed by atoms with van der Waals surface area (Å²) in [6.45, 7) is -3.38. The third-order valence-electron chi connectivity index (χ3n) is 2.74. The zero-order valence-electron chi connectivity index (χ0n) is 12.4. The van der Waals surface area contributed by atoms with Crippen LogP contribution in [0.5, 0.6) is 5.75 Å². The van der Waals surface area contributed by atoms with Gasteiger partial charge in [0.1, 0.15) is 12.3 Å². The number of hydrazone groups is 1. The molecule has 0 radical (unpaired) electrons. The van der Waals surface area contributed by atoms with Crippen molar-refractivity contribution in [3.05, 3.63) is 47.8 Å². The maximum Gasteiger partial charge on any atom is 0.435 e. The predicted octanol–water partition coefficient (Wildman–Crippen LogP) is 2.65. The first-order chi connectivity index (χ1) is 11.7. The lowest BCUT2D eigenvalue weighted by atomic mass is 10.2. The highest BCUT2D eigenvalue weighted by molar-refractivity contribution is 5.82. The van der Waals surface area contributed by atoms with E-state index in [2.05, 4.69) is 20.4 Å². The van der Waals surface area contributed by atoms with Crippen LogP contribution in [0.4, 0.5) is 22.0 Å². The van der Waals surface area contributed by atoms with E-state index in [0.717, 1.165) is 16.9 Å². The summed E-state index contributed by atoms with van der Waals surface area (Å²) in [6, 6.07) is 6.18. The molecule has 1 amide bonds. The number of aromatic nitrogens is 2. The summed E-state index contributed by atoms with van der Waals surface area (Å²) in [4.78, 5) is 11.6. The minimum absolute atomic E-state index is 0.0321. The smallest absolute Gasteiger partial charge is 0.435 e. The van der Waals surface area contributed by atoms with E-state index in [-0.39, 0.29) is 5.75 Å². The van der Waals surface area contributed by atoms with Gasteiger partial charge in [-0.25, -0.2) is 5.43 Å². The van der Waals surface area contributed by atoms with Gasteiger partial charge in [0.25, 0.3) is 5.91 Å². The fraction of sp³-hybridized carbons (Fsp3) is 0.214. The Kier molecular flexibility index (Phi) is 5.67. The molecule has 134 valence electrons. The minimum Gasteiger partial charge on any atom is -0.435 e. The van der Waals surface area contributed by atoms with Crippen LogP contribution in [-0.4, -0.2) is 28.5 Å². The molecule has 0 aliphatic carbocycles. The molecule has 0 spiro atoms. The highest BCUT2D eigenvalue weighted by atomic mass is 19.4. The summed E-state index contributed by atoms with van der Waals surface area (Å²) < 4.78 is 66.1. The van der Waals surface area contributed by atoms with Gasteiger partial charge in [0.05, 0.1) is 6.21 Å².